The molecule has 0 aliphatic carbocycles. The van der Waals surface area contributed by atoms with Crippen LogP contribution < -0.4 is 19.7 Å². The van der Waals surface area contributed by atoms with Crippen LogP contribution in [0.25, 0.3) is 0 Å². The summed E-state index contributed by atoms with van der Waals surface area (Å²) in [6, 6.07) is 44.4. The Labute approximate surface area is 285 Å². The summed E-state index contributed by atoms with van der Waals surface area (Å²) in [5.74, 6) is 0.607. The monoisotopic (exact) mass is 662 g/mol. The molecule has 0 saturated carbocycles. The van der Waals surface area contributed by atoms with Gasteiger partial charge in [-0.25, -0.2) is 10.3 Å². The van der Waals surface area contributed by atoms with Crippen LogP contribution in [0.5, 0.6) is 11.5 Å². The summed E-state index contributed by atoms with van der Waals surface area (Å²) < 4.78 is 17.2. The minimum atomic E-state index is -1.22. The first-order valence-corrected chi connectivity index (χ1v) is 16.2. The van der Waals surface area contributed by atoms with Gasteiger partial charge in [-0.05, 0) is 73.9 Å². The Morgan fingerprint density at radius 1 is 0.646 bits per heavy atom. The van der Waals surface area contributed by atoms with E-state index in [0.717, 1.165) is 27.3 Å². The van der Waals surface area contributed by atoms with Crippen LogP contribution in [-0.2, 0) is 20.0 Å². The van der Waals surface area contributed by atoms with Gasteiger partial charge in [-0.15, -0.1) is 0 Å². The maximum atomic E-state index is 13.9. The van der Waals surface area contributed by atoms with Crippen molar-refractivity contribution in [2.24, 2.45) is 0 Å². The minimum absolute atomic E-state index is 0.198. The fourth-order valence-corrected chi connectivity index (χ4v) is 5.42. The van der Waals surface area contributed by atoms with Crippen molar-refractivity contribution in [3.05, 3.63) is 162 Å². The zero-order valence-corrected chi connectivity index (χ0v) is 27.8. The molecule has 0 aromatic heterocycles. The van der Waals surface area contributed by atoms with Gasteiger partial charge in [-0.1, -0.05) is 109 Å². The first-order chi connectivity index (χ1) is 23.2. The summed E-state index contributed by atoms with van der Waals surface area (Å²) in [7, 11) is 0. The predicted octanol–water partition coefficient (Wildman–Crippen LogP) is 8.08. The van der Waals surface area contributed by atoms with Gasteiger partial charge in [0.2, 0.25) is 0 Å². The second kappa shape index (κ2) is 16.0. The lowest BCUT2D eigenvalue weighted by Crippen LogP contribution is -2.53. The Balaban J connectivity index is 1.36. The van der Waals surface area contributed by atoms with Crippen molar-refractivity contribution in [1.29, 1.82) is 0 Å². The Morgan fingerprint density at radius 3 is 1.60 bits per heavy atom. The number of hydrogen-bond acceptors (Lipinski definition) is 7. The van der Waals surface area contributed by atoms with Gasteiger partial charge in [-0.3, -0.25) is 9.63 Å². The molecule has 246 valence electrons. The molecule has 0 unspecified atom stereocenters. The third-order valence-corrected chi connectivity index (χ3v) is 7.81. The Bertz CT molecular complexity index is 1640. The van der Waals surface area contributed by atoms with E-state index in [4.69, 9.17) is 18.5 Å². The van der Waals surface area contributed by atoms with E-state index in [1.54, 1.807) is 32.9 Å². The maximum absolute atomic E-state index is 13.9. The molecule has 0 heterocycles. The summed E-state index contributed by atoms with van der Waals surface area (Å²) in [6.07, 6.45) is -0.767. The number of amides is 2. The van der Waals surface area contributed by atoms with Crippen LogP contribution in [0.3, 0.4) is 0 Å². The molecule has 8 nitrogen and oxygen atoms in total. The van der Waals surface area contributed by atoms with Crippen molar-refractivity contribution < 1.29 is 28.1 Å². The summed E-state index contributed by atoms with van der Waals surface area (Å²) in [6.45, 7) is 5.04. The van der Waals surface area contributed by atoms with E-state index in [1.807, 2.05) is 133 Å². The zero-order valence-electron chi connectivity index (χ0n) is 27.0. The lowest BCUT2D eigenvalue weighted by Gasteiger charge is -2.35. The van der Waals surface area contributed by atoms with Crippen molar-refractivity contribution >= 4 is 24.0 Å². The first kappa shape index (κ1) is 34.1. The highest BCUT2D eigenvalue weighted by atomic mass is 32.2. The van der Waals surface area contributed by atoms with Crippen molar-refractivity contribution in [2.45, 2.75) is 42.9 Å². The van der Waals surface area contributed by atoms with Crippen molar-refractivity contribution in [1.82, 2.24) is 10.8 Å². The molecular weight excluding hydrogens is 625 g/mol. The predicted molar refractivity (Wildman–Crippen MR) is 186 cm³/mol. The first-order valence-electron chi connectivity index (χ1n) is 15.5. The highest BCUT2D eigenvalue weighted by Crippen LogP contribution is 2.39. The molecule has 0 aliphatic rings. The molecule has 5 rings (SSSR count). The van der Waals surface area contributed by atoms with E-state index in [-0.39, 0.29) is 6.61 Å². The fraction of sp³-hybridized carbons (Fsp3) is 0.179. The number of carbonyl (C=O) groups is 2. The van der Waals surface area contributed by atoms with Crippen LogP contribution in [0.4, 0.5) is 4.79 Å². The average molecular weight is 663 g/mol. The van der Waals surface area contributed by atoms with Gasteiger partial charge < -0.3 is 19.0 Å². The quantitative estimate of drug-likeness (QED) is 0.0748. The number of ether oxygens (including phenoxy) is 2. The molecule has 0 fully saturated rings. The second-order valence-electron chi connectivity index (χ2n) is 11.8. The van der Waals surface area contributed by atoms with Crippen LogP contribution in [0.2, 0.25) is 0 Å². The van der Waals surface area contributed by atoms with Gasteiger partial charge in [0, 0.05) is 4.90 Å². The van der Waals surface area contributed by atoms with Crippen molar-refractivity contribution in [3.63, 3.8) is 0 Å². The molecule has 0 bridgehead atoms. The molecule has 48 heavy (non-hydrogen) atoms. The largest absolute Gasteiger partial charge is 0.491 e. The number of nitrogens with one attached hydrogen (secondary N) is 2. The normalized spacial score (nSPS) is 12.0. The number of rotatable bonds is 13. The lowest BCUT2D eigenvalue weighted by molar-refractivity contribution is -0.146. The fourth-order valence-electron chi connectivity index (χ4n) is 4.87. The summed E-state index contributed by atoms with van der Waals surface area (Å²) in [5, 5.41) is 2.65. The van der Waals surface area contributed by atoms with Crippen LogP contribution in [0, 0.1) is 0 Å². The molecule has 0 aliphatic heterocycles. The molecule has 0 spiro atoms. The van der Waals surface area contributed by atoms with Crippen LogP contribution >= 0.6 is 12.0 Å². The SMILES string of the molecule is CC(C)(C)OC(=O)N[C@H](COc1ccc(SOc2ccccc2)cc1)C(=O)NOC(c1ccccc1)(c1ccccc1)c1ccccc1. The molecule has 0 saturated heterocycles. The Hall–Kier alpha value is -5.25. The smallest absolute Gasteiger partial charge is 0.408 e. The maximum Gasteiger partial charge on any atom is 0.408 e. The standard InChI is InChI=1S/C39H38N2O6S/c1-38(2,3)45-37(43)40-35(28-44-32-24-26-34(27-25-32)48-46-33-22-14-7-15-23-33)36(42)41-47-39(29-16-8-4-9-17-29,30-18-10-5-11-19-30)31-20-12-6-13-21-31/h4-27,35H,28H2,1-3H3,(H,40,43)(H,41,42)/t35-/m1/s1. The summed E-state index contributed by atoms with van der Waals surface area (Å²) in [4.78, 5) is 34.1. The molecule has 1 atom stereocenters. The third kappa shape index (κ3) is 9.18. The third-order valence-electron chi connectivity index (χ3n) is 7.07. The number of benzene rings is 5. The average Bonchev–Trinajstić information content (AvgIpc) is 3.11. The van der Waals surface area contributed by atoms with Gasteiger partial charge in [0.15, 0.2) is 5.60 Å². The highest BCUT2D eigenvalue weighted by molar-refractivity contribution is 7.95. The van der Waals surface area contributed by atoms with Gasteiger partial charge in [0.25, 0.3) is 5.91 Å². The molecule has 2 amide bonds. The van der Waals surface area contributed by atoms with Crippen LogP contribution in [-0.4, -0.2) is 30.3 Å². The zero-order chi connectivity index (χ0) is 33.8. The van der Waals surface area contributed by atoms with Gasteiger partial charge in [-0.2, -0.15) is 0 Å². The van der Waals surface area contributed by atoms with E-state index in [0.29, 0.717) is 5.75 Å². The van der Waals surface area contributed by atoms with Crippen LogP contribution in [0.1, 0.15) is 37.5 Å². The molecule has 0 radical (unpaired) electrons. The van der Waals surface area contributed by atoms with E-state index in [2.05, 4.69) is 10.8 Å². The molecule has 5 aromatic carbocycles. The van der Waals surface area contributed by atoms with Crippen molar-refractivity contribution in [3.8, 4) is 11.5 Å². The van der Waals surface area contributed by atoms with Crippen molar-refractivity contribution in [2.75, 3.05) is 6.61 Å². The van der Waals surface area contributed by atoms with Gasteiger partial charge in [0.05, 0.1) is 12.0 Å². The second-order valence-corrected chi connectivity index (χ2v) is 12.6. The van der Waals surface area contributed by atoms with Gasteiger partial charge in [0.1, 0.15) is 29.7 Å². The molecule has 2 N–H and O–H groups in total. The Kier molecular flexibility index (Phi) is 11.4. The number of alkyl carbamates (subject to hydrolysis) is 1. The summed E-state index contributed by atoms with van der Waals surface area (Å²) >= 11 is 1.22. The minimum Gasteiger partial charge on any atom is -0.491 e. The molecule has 5 aromatic rings. The van der Waals surface area contributed by atoms with E-state index >= 15 is 0 Å². The van der Waals surface area contributed by atoms with E-state index in [9.17, 15) is 9.59 Å². The Morgan fingerprint density at radius 2 is 1.12 bits per heavy atom. The lowest BCUT2D eigenvalue weighted by atomic mass is 9.80. The topological polar surface area (TPSA) is 95.1 Å². The summed E-state index contributed by atoms with van der Waals surface area (Å²) in [5.41, 5.74) is 3.05. The van der Waals surface area contributed by atoms with Crippen LogP contribution in [0.15, 0.2) is 150 Å². The van der Waals surface area contributed by atoms with E-state index < -0.39 is 29.2 Å². The number of para-hydroxylation sites is 1. The number of carbonyl (C=O) groups excluding carboxylic acids is 2. The highest BCUT2D eigenvalue weighted by Gasteiger charge is 2.40. The number of hydroxylamine groups is 1. The van der Waals surface area contributed by atoms with E-state index in [1.165, 1.54) is 12.0 Å². The number of hydrogen-bond donors (Lipinski definition) is 2. The molecule has 9 heteroatoms. The van der Waals surface area contributed by atoms with Gasteiger partial charge >= 0.3 is 6.09 Å². The molecular formula is C39H38N2O6S.